The third kappa shape index (κ3) is 5.84. The number of ether oxygens (including phenoxy) is 2. The first-order valence-corrected chi connectivity index (χ1v) is 11.5. The third-order valence-electron chi connectivity index (χ3n) is 5.97. The molecule has 1 N–H and O–H groups in total. The lowest BCUT2D eigenvalue weighted by atomic mass is 10.0. The summed E-state index contributed by atoms with van der Waals surface area (Å²) in [7, 11) is 0. The normalized spacial score (nSPS) is 20.4. The van der Waals surface area contributed by atoms with Crippen LogP contribution in [0, 0.1) is 0 Å². The van der Waals surface area contributed by atoms with Crippen LogP contribution in [0.5, 0.6) is 5.75 Å². The van der Waals surface area contributed by atoms with Crippen molar-refractivity contribution in [2.45, 2.75) is 50.6 Å². The second kappa shape index (κ2) is 10.4. The van der Waals surface area contributed by atoms with Gasteiger partial charge in [0.25, 0.3) is 11.5 Å². The number of carbonyl (C=O) groups is 1. The van der Waals surface area contributed by atoms with Crippen molar-refractivity contribution in [1.29, 1.82) is 0 Å². The fourth-order valence-electron chi connectivity index (χ4n) is 4.15. The van der Waals surface area contributed by atoms with Crippen LogP contribution in [0.2, 0.25) is 5.02 Å². The van der Waals surface area contributed by atoms with Gasteiger partial charge in [-0.05, 0) is 19.8 Å². The van der Waals surface area contributed by atoms with Gasteiger partial charge in [0.15, 0.2) is 10.8 Å². The number of piperidine rings is 1. The molecule has 1 amide bonds. The Morgan fingerprint density at radius 2 is 1.83 bits per heavy atom. The highest BCUT2D eigenvalue weighted by atomic mass is 35.5. The van der Waals surface area contributed by atoms with Crippen molar-refractivity contribution < 1.29 is 27.4 Å². The third-order valence-corrected chi connectivity index (χ3v) is 6.33. The molecule has 14 heteroatoms. The molecule has 2 atom stereocenters. The summed E-state index contributed by atoms with van der Waals surface area (Å²) in [5.41, 5.74) is -1.45. The first-order valence-electron chi connectivity index (χ1n) is 11.1. The highest BCUT2D eigenvalue weighted by Gasteiger charge is 2.38. The van der Waals surface area contributed by atoms with Gasteiger partial charge in [0.05, 0.1) is 18.4 Å². The SMILES string of the molecule is CC(COC1CCN(C2CCN(c3ncc(C(F)(F)F)cn3)CC2)C1=O)Oc1cn[nH]c(=O)c1Cl. The summed E-state index contributed by atoms with van der Waals surface area (Å²) in [5.74, 6) is 0.280. The standard InChI is InChI=1S/C21H24ClF3N6O4/c1-12(35-16-10-28-29-18(32)17(16)22)11-34-15-4-7-31(19(15)33)14-2-5-30(6-3-14)20-26-8-13(9-27-20)21(23,24)25/h8-10,12,14-15H,2-7,11H2,1H3,(H,29,32). The Kier molecular flexibility index (Phi) is 7.45. The number of halogens is 4. The molecule has 2 aromatic heterocycles. The van der Waals surface area contributed by atoms with Gasteiger partial charge in [-0.2, -0.15) is 18.3 Å². The van der Waals surface area contributed by atoms with E-state index in [-0.39, 0.29) is 35.3 Å². The zero-order chi connectivity index (χ0) is 25.2. The largest absolute Gasteiger partial charge is 0.485 e. The summed E-state index contributed by atoms with van der Waals surface area (Å²) >= 11 is 5.90. The molecule has 2 aliphatic rings. The molecule has 4 rings (SSSR count). The fraction of sp³-hybridized carbons (Fsp3) is 0.571. The predicted molar refractivity (Wildman–Crippen MR) is 118 cm³/mol. The van der Waals surface area contributed by atoms with Gasteiger partial charge in [-0.3, -0.25) is 9.59 Å². The van der Waals surface area contributed by atoms with E-state index in [1.165, 1.54) is 6.20 Å². The number of hydrogen-bond donors (Lipinski definition) is 1. The first-order chi connectivity index (χ1) is 16.6. The van der Waals surface area contributed by atoms with E-state index >= 15 is 0 Å². The van der Waals surface area contributed by atoms with Crippen LogP contribution < -0.4 is 15.2 Å². The number of nitrogens with zero attached hydrogens (tertiary/aromatic N) is 5. The van der Waals surface area contributed by atoms with E-state index in [4.69, 9.17) is 21.1 Å². The summed E-state index contributed by atoms with van der Waals surface area (Å²) in [6.07, 6.45) is -0.833. The predicted octanol–water partition coefficient (Wildman–Crippen LogP) is 2.29. The number of carbonyl (C=O) groups excluding carboxylic acids is 1. The van der Waals surface area contributed by atoms with Gasteiger partial charge in [-0.25, -0.2) is 15.1 Å². The Morgan fingerprint density at radius 3 is 2.49 bits per heavy atom. The molecule has 35 heavy (non-hydrogen) atoms. The smallest absolute Gasteiger partial charge is 0.419 e. The molecule has 0 aliphatic carbocycles. The van der Waals surface area contributed by atoms with Gasteiger partial charge >= 0.3 is 6.18 Å². The monoisotopic (exact) mass is 516 g/mol. The Hall–Kier alpha value is -2.93. The van der Waals surface area contributed by atoms with Gasteiger partial charge in [0.2, 0.25) is 5.95 Å². The maximum atomic E-state index is 12.9. The number of H-pyrrole nitrogens is 1. The van der Waals surface area contributed by atoms with E-state index in [2.05, 4.69) is 20.2 Å². The Morgan fingerprint density at radius 1 is 1.14 bits per heavy atom. The number of anilines is 1. The number of aromatic amines is 1. The molecule has 0 aromatic carbocycles. The van der Waals surface area contributed by atoms with Gasteiger partial charge in [0, 0.05) is 44.5 Å². The van der Waals surface area contributed by atoms with Crippen LogP contribution in [-0.4, -0.2) is 75.5 Å². The summed E-state index contributed by atoms with van der Waals surface area (Å²) in [4.78, 5) is 35.7. The van der Waals surface area contributed by atoms with Crippen LogP contribution >= 0.6 is 11.6 Å². The molecule has 2 aromatic rings. The van der Waals surface area contributed by atoms with Crippen molar-refractivity contribution in [3.63, 3.8) is 0 Å². The molecule has 0 spiro atoms. The highest BCUT2D eigenvalue weighted by molar-refractivity contribution is 6.31. The molecule has 4 heterocycles. The van der Waals surface area contributed by atoms with Gasteiger partial charge < -0.3 is 19.3 Å². The number of nitrogens with one attached hydrogen (secondary N) is 1. The van der Waals surface area contributed by atoms with Gasteiger partial charge in [-0.1, -0.05) is 11.6 Å². The average molecular weight is 517 g/mol. The summed E-state index contributed by atoms with van der Waals surface area (Å²) in [5, 5.41) is 5.74. The molecule has 0 saturated carbocycles. The summed E-state index contributed by atoms with van der Waals surface area (Å²) in [6.45, 7) is 3.47. The second-order valence-electron chi connectivity index (χ2n) is 8.44. The molecule has 2 saturated heterocycles. The van der Waals surface area contributed by atoms with Crippen LogP contribution in [0.3, 0.4) is 0 Å². The lowest BCUT2D eigenvalue weighted by molar-refractivity contribution is -0.140. The minimum Gasteiger partial charge on any atom is -0.485 e. The van der Waals surface area contributed by atoms with Crippen molar-refractivity contribution >= 4 is 23.5 Å². The Balaban J connectivity index is 1.24. The minimum atomic E-state index is -4.48. The van der Waals surface area contributed by atoms with E-state index in [0.29, 0.717) is 38.9 Å². The molecule has 2 unspecified atom stereocenters. The van der Waals surface area contributed by atoms with Crippen LogP contribution in [-0.2, 0) is 15.7 Å². The molecule has 190 valence electrons. The van der Waals surface area contributed by atoms with E-state index in [1.54, 1.807) is 11.8 Å². The summed E-state index contributed by atoms with van der Waals surface area (Å²) < 4.78 is 49.5. The first kappa shape index (κ1) is 25.2. The molecule has 2 aliphatic heterocycles. The topological polar surface area (TPSA) is 114 Å². The van der Waals surface area contributed by atoms with Gasteiger partial charge in [0.1, 0.15) is 12.2 Å². The van der Waals surface area contributed by atoms with Crippen molar-refractivity contribution in [2.75, 3.05) is 31.1 Å². The number of alkyl halides is 3. The maximum Gasteiger partial charge on any atom is 0.419 e. The van der Waals surface area contributed by atoms with E-state index in [0.717, 1.165) is 12.4 Å². The Labute approximate surface area is 203 Å². The van der Waals surface area contributed by atoms with Crippen LogP contribution in [0.15, 0.2) is 23.4 Å². The minimum absolute atomic E-state index is 0.0106. The number of aromatic nitrogens is 4. The van der Waals surface area contributed by atoms with Crippen LogP contribution in [0.4, 0.5) is 19.1 Å². The zero-order valence-corrected chi connectivity index (χ0v) is 19.6. The lowest BCUT2D eigenvalue weighted by Crippen LogP contribution is -2.47. The van der Waals surface area contributed by atoms with Crippen LogP contribution in [0.1, 0.15) is 31.7 Å². The second-order valence-corrected chi connectivity index (χ2v) is 8.81. The van der Waals surface area contributed by atoms with E-state index < -0.39 is 29.5 Å². The molecular formula is C21H24ClF3N6O4. The average Bonchev–Trinajstić information content (AvgIpc) is 3.20. The van der Waals surface area contributed by atoms with Crippen molar-refractivity contribution in [3.05, 3.63) is 39.5 Å². The van der Waals surface area contributed by atoms with E-state index in [9.17, 15) is 22.8 Å². The van der Waals surface area contributed by atoms with Gasteiger partial charge in [-0.15, -0.1) is 0 Å². The number of amides is 1. The van der Waals surface area contributed by atoms with E-state index in [1.807, 2.05) is 4.90 Å². The van der Waals surface area contributed by atoms with Crippen molar-refractivity contribution in [2.24, 2.45) is 0 Å². The molecule has 0 radical (unpaired) electrons. The lowest BCUT2D eigenvalue weighted by Gasteiger charge is -2.36. The number of rotatable bonds is 7. The number of likely N-dealkylation sites (tertiary alicyclic amines) is 1. The van der Waals surface area contributed by atoms with Crippen LogP contribution in [0.25, 0.3) is 0 Å². The molecule has 2 fully saturated rings. The Bertz CT molecular complexity index is 1090. The highest BCUT2D eigenvalue weighted by Crippen LogP contribution is 2.29. The number of hydrogen-bond acceptors (Lipinski definition) is 8. The maximum absolute atomic E-state index is 12.9. The molecule has 0 bridgehead atoms. The van der Waals surface area contributed by atoms with Crippen molar-refractivity contribution in [1.82, 2.24) is 25.1 Å². The zero-order valence-electron chi connectivity index (χ0n) is 18.8. The fourth-order valence-corrected chi connectivity index (χ4v) is 4.29. The summed E-state index contributed by atoms with van der Waals surface area (Å²) in [6, 6.07) is 0.0106. The molecular weight excluding hydrogens is 493 g/mol. The quantitative estimate of drug-likeness (QED) is 0.596. The molecule has 10 nitrogen and oxygen atoms in total. The van der Waals surface area contributed by atoms with Crippen molar-refractivity contribution in [3.8, 4) is 5.75 Å².